The van der Waals surface area contributed by atoms with Crippen LogP contribution in [-0.4, -0.2) is 64.5 Å². The highest BCUT2D eigenvalue weighted by Gasteiger charge is 2.30. The van der Waals surface area contributed by atoms with Crippen molar-refractivity contribution in [1.29, 1.82) is 0 Å². The summed E-state index contributed by atoms with van der Waals surface area (Å²) < 4.78 is 0. The molecule has 9 N–H and O–H groups in total. The molecule has 0 radical (unpaired) electrons. The summed E-state index contributed by atoms with van der Waals surface area (Å²) in [6, 6.07) is 3.67. The van der Waals surface area contributed by atoms with Crippen LogP contribution in [-0.2, 0) is 25.6 Å². The van der Waals surface area contributed by atoms with Gasteiger partial charge in [0.25, 0.3) is 0 Å². The number of carboxylic acids is 1. The van der Waals surface area contributed by atoms with E-state index in [1.807, 2.05) is 38.1 Å². The number of aromatic amines is 1. The minimum atomic E-state index is -1.16. The normalized spacial score (nSPS) is 15.3. The van der Waals surface area contributed by atoms with Gasteiger partial charge in [0.2, 0.25) is 17.7 Å². The van der Waals surface area contributed by atoms with Crippen molar-refractivity contribution in [2.45, 2.75) is 77.0 Å². The molecule has 1 aromatic heterocycles. The third kappa shape index (κ3) is 8.57. The maximum atomic E-state index is 13.3. The Hall–Kier alpha value is -3.44. The topological polar surface area (TPSA) is 192 Å². The van der Waals surface area contributed by atoms with Gasteiger partial charge in [-0.25, -0.2) is 4.79 Å². The Bertz CT molecular complexity index is 1070. The number of hydrogen-bond donors (Lipinski definition) is 7. The van der Waals surface area contributed by atoms with Crippen LogP contribution in [0.1, 0.15) is 52.0 Å². The number of H-pyrrole nitrogens is 1. The van der Waals surface area contributed by atoms with Gasteiger partial charge < -0.3 is 37.5 Å². The number of carbonyl (C=O) groups is 4. The van der Waals surface area contributed by atoms with Gasteiger partial charge in [0.1, 0.15) is 18.1 Å². The van der Waals surface area contributed by atoms with Gasteiger partial charge in [-0.1, -0.05) is 38.5 Å². The molecule has 2 rings (SSSR count). The molecule has 204 valence electrons. The molecule has 1 aromatic carbocycles. The first-order valence-corrected chi connectivity index (χ1v) is 12.7. The second-order valence-corrected chi connectivity index (χ2v) is 9.45. The second kappa shape index (κ2) is 14.3. The molecular weight excluding hydrogens is 476 g/mol. The summed E-state index contributed by atoms with van der Waals surface area (Å²) in [4.78, 5) is 53.5. The number of amides is 3. The smallest absolute Gasteiger partial charge is 0.326 e. The Morgan fingerprint density at radius 2 is 1.65 bits per heavy atom. The van der Waals surface area contributed by atoms with Crippen molar-refractivity contribution < 1.29 is 24.3 Å². The van der Waals surface area contributed by atoms with Crippen molar-refractivity contribution in [2.24, 2.45) is 17.4 Å². The van der Waals surface area contributed by atoms with Crippen molar-refractivity contribution >= 4 is 34.6 Å². The molecule has 3 amide bonds. The van der Waals surface area contributed by atoms with Crippen LogP contribution in [0.2, 0.25) is 0 Å². The van der Waals surface area contributed by atoms with E-state index in [1.165, 1.54) is 6.92 Å². The number of aromatic nitrogens is 1. The first-order valence-electron chi connectivity index (χ1n) is 12.7. The molecule has 0 aliphatic rings. The molecule has 2 aromatic rings. The molecule has 0 bridgehead atoms. The number of rotatable bonds is 15. The minimum absolute atomic E-state index is 0.0891. The van der Waals surface area contributed by atoms with Gasteiger partial charge in [-0.2, -0.15) is 0 Å². The highest BCUT2D eigenvalue weighted by atomic mass is 16.4. The molecule has 0 saturated heterocycles. The molecule has 1 heterocycles. The molecule has 11 nitrogen and oxygen atoms in total. The average Bonchev–Trinajstić information content (AvgIpc) is 3.29. The third-order valence-corrected chi connectivity index (χ3v) is 6.61. The number of hydrogen-bond acceptors (Lipinski definition) is 6. The molecule has 0 spiro atoms. The summed E-state index contributed by atoms with van der Waals surface area (Å²) in [5.41, 5.74) is 13.3. The lowest BCUT2D eigenvalue weighted by Crippen LogP contribution is -2.57. The van der Waals surface area contributed by atoms with Gasteiger partial charge in [0, 0.05) is 23.5 Å². The Balaban J connectivity index is 2.16. The zero-order chi connectivity index (χ0) is 27.5. The minimum Gasteiger partial charge on any atom is -0.480 e. The van der Waals surface area contributed by atoms with Crippen LogP contribution in [0.4, 0.5) is 0 Å². The summed E-state index contributed by atoms with van der Waals surface area (Å²) in [6.07, 6.45) is 4.05. The SMILES string of the molecule is CCC(C)C(N)C(=O)NC(Cc1c[nH]c2ccccc12)C(=O)NC(C)C(=O)NC(CCCCN)C(=O)O. The zero-order valence-electron chi connectivity index (χ0n) is 21.8. The fraction of sp³-hybridized carbons (Fsp3) is 0.538. The maximum absolute atomic E-state index is 13.3. The van der Waals surface area contributed by atoms with E-state index in [0.717, 1.165) is 16.5 Å². The monoisotopic (exact) mass is 516 g/mol. The fourth-order valence-electron chi connectivity index (χ4n) is 3.94. The highest BCUT2D eigenvalue weighted by Crippen LogP contribution is 2.19. The number of para-hydroxylation sites is 1. The van der Waals surface area contributed by atoms with Gasteiger partial charge in [0.15, 0.2) is 0 Å². The number of carbonyl (C=O) groups excluding carboxylic acids is 3. The molecule has 11 heteroatoms. The number of fused-ring (bicyclic) bond motifs is 1. The number of aliphatic carboxylic acids is 1. The number of unbranched alkanes of at least 4 members (excludes halogenated alkanes) is 1. The van der Waals surface area contributed by atoms with Crippen LogP contribution in [0.25, 0.3) is 10.9 Å². The van der Waals surface area contributed by atoms with E-state index < -0.39 is 47.9 Å². The molecule has 0 aliphatic carbocycles. The van der Waals surface area contributed by atoms with Gasteiger partial charge in [-0.05, 0) is 50.3 Å². The van der Waals surface area contributed by atoms with Gasteiger partial charge in [0.05, 0.1) is 6.04 Å². The van der Waals surface area contributed by atoms with Crippen LogP contribution >= 0.6 is 0 Å². The first kappa shape index (κ1) is 29.8. The predicted molar refractivity (Wildman–Crippen MR) is 141 cm³/mol. The van der Waals surface area contributed by atoms with E-state index in [-0.39, 0.29) is 18.8 Å². The van der Waals surface area contributed by atoms with Gasteiger partial charge in [-0.3, -0.25) is 14.4 Å². The van der Waals surface area contributed by atoms with Crippen LogP contribution in [0.3, 0.4) is 0 Å². The molecule has 0 aliphatic heterocycles. The second-order valence-electron chi connectivity index (χ2n) is 9.45. The summed E-state index contributed by atoms with van der Waals surface area (Å²) in [7, 11) is 0. The van der Waals surface area contributed by atoms with Crippen LogP contribution in [0.5, 0.6) is 0 Å². The van der Waals surface area contributed by atoms with Gasteiger partial charge in [-0.15, -0.1) is 0 Å². The lowest BCUT2D eigenvalue weighted by atomic mass is 9.98. The molecule has 0 saturated carbocycles. The summed E-state index contributed by atoms with van der Waals surface area (Å²) in [6.45, 7) is 5.67. The van der Waals surface area contributed by atoms with E-state index in [9.17, 15) is 24.3 Å². The van der Waals surface area contributed by atoms with Crippen molar-refractivity contribution in [3.05, 3.63) is 36.0 Å². The molecule has 5 unspecified atom stereocenters. The Morgan fingerprint density at radius 3 is 2.30 bits per heavy atom. The number of nitrogens with two attached hydrogens (primary N) is 2. The summed E-state index contributed by atoms with van der Waals surface area (Å²) in [5.74, 6) is -2.92. The van der Waals surface area contributed by atoms with E-state index in [1.54, 1.807) is 6.20 Å². The molecule has 37 heavy (non-hydrogen) atoms. The van der Waals surface area contributed by atoms with Gasteiger partial charge >= 0.3 is 5.97 Å². The van der Waals surface area contributed by atoms with Crippen LogP contribution in [0.15, 0.2) is 30.5 Å². The van der Waals surface area contributed by atoms with Crippen molar-refractivity contribution in [3.8, 4) is 0 Å². The van der Waals surface area contributed by atoms with Crippen molar-refractivity contribution in [2.75, 3.05) is 6.54 Å². The van der Waals surface area contributed by atoms with Crippen LogP contribution in [0, 0.1) is 5.92 Å². The van der Waals surface area contributed by atoms with Crippen molar-refractivity contribution in [3.63, 3.8) is 0 Å². The maximum Gasteiger partial charge on any atom is 0.326 e. The average molecular weight is 517 g/mol. The Morgan fingerprint density at radius 1 is 0.973 bits per heavy atom. The lowest BCUT2D eigenvalue weighted by molar-refractivity contribution is -0.142. The molecule has 5 atom stereocenters. The van der Waals surface area contributed by atoms with Crippen LogP contribution < -0.4 is 27.4 Å². The van der Waals surface area contributed by atoms with E-state index in [4.69, 9.17) is 11.5 Å². The fourth-order valence-corrected chi connectivity index (χ4v) is 3.94. The lowest BCUT2D eigenvalue weighted by Gasteiger charge is -2.25. The number of carboxylic acid groups (broad SMARTS) is 1. The third-order valence-electron chi connectivity index (χ3n) is 6.61. The molecular formula is C26H40N6O5. The Kier molecular flexibility index (Phi) is 11.5. The van der Waals surface area contributed by atoms with E-state index >= 15 is 0 Å². The Labute approximate surface area is 217 Å². The summed E-state index contributed by atoms with van der Waals surface area (Å²) >= 11 is 0. The number of nitrogens with one attached hydrogen (secondary N) is 4. The van der Waals surface area contributed by atoms with Crippen molar-refractivity contribution in [1.82, 2.24) is 20.9 Å². The number of benzene rings is 1. The summed E-state index contributed by atoms with van der Waals surface area (Å²) in [5, 5.41) is 18.2. The first-order chi connectivity index (χ1) is 17.6. The predicted octanol–water partition coefficient (Wildman–Crippen LogP) is 0.772. The highest BCUT2D eigenvalue weighted by molar-refractivity contribution is 5.94. The van der Waals surface area contributed by atoms with E-state index in [0.29, 0.717) is 25.8 Å². The zero-order valence-corrected chi connectivity index (χ0v) is 21.8. The quantitative estimate of drug-likeness (QED) is 0.170. The largest absolute Gasteiger partial charge is 0.480 e. The van der Waals surface area contributed by atoms with E-state index in [2.05, 4.69) is 20.9 Å². The molecule has 0 fully saturated rings. The standard InChI is InChI=1S/C26H40N6O5/c1-4-15(2)22(28)25(35)32-21(13-17-14-29-19-10-6-5-9-18(17)19)24(34)30-16(3)23(33)31-20(26(36)37)11-7-8-12-27/h5-6,9-10,14-16,20-22,29H,4,7-8,11-13,27-28H2,1-3H3,(H,30,34)(H,31,33)(H,32,35)(H,36,37).